The molecular formula is C14H19NO4. The summed E-state index contributed by atoms with van der Waals surface area (Å²) in [6.07, 6.45) is 1.45. The number of nitrogens with zero attached hydrogens (tertiary/aromatic N) is 1. The zero-order valence-corrected chi connectivity index (χ0v) is 11.2. The number of benzene rings is 1. The quantitative estimate of drug-likeness (QED) is 0.847. The fourth-order valence-corrected chi connectivity index (χ4v) is 2.38. The van der Waals surface area contributed by atoms with Crippen LogP contribution in [0.15, 0.2) is 18.2 Å². The minimum atomic E-state index is -0.851. The Morgan fingerprint density at radius 3 is 2.79 bits per heavy atom. The molecule has 0 radical (unpaired) electrons. The molecule has 1 aromatic carbocycles. The topological polar surface area (TPSA) is 70.0 Å². The number of hydrogen-bond acceptors (Lipinski definition) is 4. The maximum Gasteiger partial charge on any atom is 0.257 e. The number of amides is 1. The van der Waals surface area contributed by atoms with Gasteiger partial charge in [0.25, 0.3) is 5.91 Å². The average Bonchev–Trinajstić information content (AvgIpc) is 2.36. The van der Waals surface area contributed by atoms with Crippen LogP contribution in [0.4, 0.5) is 0 Å². The molecule has 1 heterocycles. The SMILES string of the molecule is COc1ccc(C(=O)N2CCCC(C)(O)C2)c(O)c1. The molecule has 5 nitrogen and oxygen atoms in total. The highest BCUT2D eigenvalue weighted by Gasteiger charge is 2.32. The highest BCUT2D eigenvalue weighted by atomic mass is 16.5. The first kappa shape index (κ1) is 13.7. The van der Waals surface area contributed by atoms with Gasteiger partial charge in [-0.2, -0.15) is 0 Å². The van der Waals surface area contributed by atoms with Crippen molar-refractivity contribution in [1.82, 2.24) is 4.90 Å². The van der Waals surface area contributed by atoms with E-state index in [1.807, 2.05) is 0 Å². The van der Waals surface area contributed by atoms with E-state index in [0.717, 1.165) is 6.42 Å². The van der Waals surface area contributed by atoms with Gasteiger partial charge in [0.1, 0.15) is 11.5 Å². The average molecular weight is 265 g/mol. The lowest BCUT2D eigenvalue weighted by Crippen LogP contribution is -2.48. The lowest BCUT2D eigenvalue weighted by molar-refractivity contribution is -0.0108. The molecule has 1 amide bonds. The van der Waals surface area contributed by atoms with E-state index in [-0.39, 0.29) is 23.8 Å². The van der Waals surface area contributed by atoms with Crippen molar-refractivity contribution in [2.75, 3.05) is 20.2 Å². The number of phenols is 1. The zero-order valence-electron chi connectivity index (χ0n) is 11.2. The number of carbonyl (C=O) groups excluding carboxylic acids is 1. The van der Waals surface area contributed by atoms with E-state index >= 15 is 0 Å². The third-order valence-corrected chi connectivity index (χ3v) is 3.40. The molecule has 104 valence electrons. The van der Waals surface area contributed by atoms with Crippen LogP contribution in [-0.2, 0) is 0 Å². The molecule has 0 aliphatic carbocycles. The minimum Gasteiger partial charge on any atom is -0.507 e. The van der Waals surface area contributed by atoms with Crippen LogP contribution >= 0.6 is 0 Å². The largest absolute Gasteiger partial charge is 0.507 e. The second-order valence-electron chi connectivity index (χ2n) is 5.21. The monoisotopic (exact) mass is 265 g/mol. The van der Waals surface area contributed by atoms with E-state index in [1.165, 1.54) is 13.2 Å². The number of carbonyl (C=O) groups is 1. The van der Waals surface area contributed by atoms with Gasteiger partial charge in [0.15, 0.2) is 0 Å². The van der Waals surface area contributed by atoms with Crippen molar-refractivity contribution in [3.05, 3.63) is 23.8 Å². The number of β-amino-alcohol motifs (C(OH)–C–C–N with tert-alkyl or cyclic N) is 1. The Hall–Kier alpha value is -1.75. The van der Waals surface area contributed by atoms with Crippen LogP contribution < -0.4 is 4.74 Å². The van der Waals surface area contributed by atoms with Crippen LogP contribution in [0.5, 0.6) is 11.5 Å². The number of likely N-dealkylation sites (tertiary alicyclic amines) is 1. The summed E-state index contributed by atoms with van der Waals surface area (Å²) >= 11 is 0. The van der Waals surface area contributed by atoms with Gasteiger partial charge in [0.05, 0.1) is 18.3 Å². The normalized spacial score (nSPS) is 23.2. The number of piperidine rings is 1. The van der Waals surface area contributed by atoms with E-state index in [0.29, 0.717) is 18.7 Å². The standard InChI is InChI=1S/C14H19NO4/c1-14(18)6-3-7-15(9-14)13(17)11-5-4-10(19-2)8-12(11)16/h4-5,8,16,18H,3,6-7,9H2,1-2H3. The number of hydrogen-bond donors (Lipinski definition) is 2. The highest BCUT2D eigenvalue weighted by Crippen LogP contribution is 2.27. The first-order valence-corrected chi connectivity index (χ1v) is 6.31. The zero-order chi connectivity index (χ0) is 14.0. The van der Waals surface area contributed by atoms with Crippen LogP contribution in [0.1, 0.15) is 30.1 Å². The molecular weight excluding hydrogens is 246 g/mol. The molecule has 5 heteroatoms. The van der Waals surface area contributed by atoms with Gasteiger partial charge in [-0.15, -0.1) is 0 Å². The van der Waals surface area contributed by atoms with Gasteiger partial charge in [-0.1, -0.05) is 0 Å². The molecule has 1 saturated heterocycles. The molecule has 1 unspecified atom stereocenters. The Balaban J connectivity index is 2.20. The van der Waals surface area contributed by atoms with Gasteiger partial charge >= 0.3 is 0 Å². The molecule has 1 atom stereocenters. The van der Waals surface area contributed by atoms with Crippen LogP contribution in [0.3, 0.4) is 0 Å². The van der Waals surface area contributed by atoms with E-state index < -0.39 is 5.60 Å². The fourth-order valence-electron chi connectivity index (χ4n) is 2.38. The second-order valence-corrected chi connectivity index (χ2v) is 5.21. The molecule has 1 aliphatic heterocycles. The second kappa shape index (κ2) is 5.09. The predicted molar refractivity (Wildman–Crippen MR) is 70.4 cm³/mol. The van der Waals surface area contributed by atoms with Gasteiger partial charge in [-0.05, 0) is 31.9 Å². The smallest absolute Gasteiger partial charge is 0.257 e. The first-order chi connectivity index (χ1) is 8.93. The Kier molecular flexibility index (Phi) is 3.66. The summed E-state index contributed by atoms with van der Waals surface area (Å²) in [5, 5.41) is 19.9. The van der Waals surface area contributed by atoms with Crippen molar-refractivity contribution in [2.24, 2.45) is 0 Å². The van der Waals surface area contributed by atoms with Crippen LogP contribution in [-0.4, -0.2) is 46.8 Å². The molecule has 1 aromatic rings. The van der Waals surface area contributed by atoms with Gasteiger partial charge < -0.3 is 19.8 Å². The van der Waals surface area contributed by atoms with Crippen molar-refractivity contribution in [2.45, 2.75) is 25.4 Å². The highest BCUT2D eigenvalue weighted by molar-refractivity contribution is 5.97. The third-order valence-electron chi connectivity index (χ3n) is 3.40. The molecule has 2 N–H and O–H groups in total. The van der Waals surface area contributed by atoms with Crippen LogP contribution in [0.25, 0.3) is 0 Å². The molecule has 0 bridgehead atoms. The molecule has 19 heavy (non-hydrogen) atoms. The van der Waals surface area contributed by atoms with Crippen molar-refractivity contribution in [3.63, 3.8) is 0 Å². The summed E-state index contributed by atoms with van der Waals surface area (Å²) in [7, 11) is 1.50. The van der Waals surface area contributed by atoms with E-state index in [2.05, 4.69) is 0 Å². The molecule has 1 aliphatic rings. The number of phenolic OH excluding ortho intramolecular Hbond substituents is 1. The van der Waals surface area contributed by atoms with E-state index in [9.17, 15) is 15.0 Å². The summed E-state index contributed by atoms with van der Waals surface area (Å²) < 4.78 is 4.98. The number of aliphatic hydroxyl groups is 1. The predicted octanol–water partition coefficient (Wildman–Crippen LogP) is 1.39. The Morgan fingerprint density at radius 2 is 2.21 bits per heavy atom. The van der Waals surface area contributed by atoms with Crippen molar-refractivity contribution >= 4 is 5.91 Å². The number of rotatable bonds is 2. The van der Waals surface area contributed by atoms with Crippen molar-refractivity contribution in [1.29, 1.82) is 0 Å². The Bertz CT molecular complexity index is 484. The van der Waals surface area contributed by atoms with E-state index in [4.69, 9.17) is 4.74 Å². The van der Waals surface area contributed by atoms with Gasteiger partial charge in [0.2, 0.25) is 0 Å². The number of ether oxygens (including phenoxy) is 1. The Morgan fingerprint density at radius 1 is 1.47 bits per heavy atom. The van der Waals surface area contributed by atoms with Gasteiger partial charge in [-0.25, -0.2) is 0 Å². The minimum absolute atomic E-state index is 0.102. The lowest BCUT2D eigenvalue weighted by atomic mass is 9.94. The third kappa shape index (κ3) is 2.98. The van der Waals surface area contributed by atoms with Crippen LogP contribution in [0, 0.1) is 0 Å². The van der Waals surface area contributed by atoms with Gasteiger partial charge in [0, 0.05) is 19.2 Å². The summed E-state index contributed by atoms with van der Waals surface area (Å²) in [6, 6.07) is 4.59. The maximum atomic E-state index is 12.3. The van der Waals surface area contributed by atoms with Crippen molar-refractivity contribution < 1.29 is 19.7 Å². The lowest BCUT2D eigenvalue weighted by Gasteiger charge is -2.36. The maximum absolute atomic E-state index is 12.3. The molecule has 0 aromatic heterocycles. The molecule has 0 spiro atoms. The first-order valence-electron chi connectivity index (χ1n) is 6.31. The summed E-state index contributed by atoms with van der Waals surface area (Å²) in [6.45, 7) is 2.61. The number of aromatic hydroxyl groups is 1. The molecule has 1 fully saturated rings. The summed E-state index contributed by atoms with van der Waals surface area (Å²) in [4.78, 5) is 13.9. The van der Waals surface area contributed by atoms with Gasteiger partial charge in [-0.3, -0.25) is 4.79 Å². The molecule has 2 rings (SSSR count). The summed E-state index contributed by atoms with van der Waals surface area (Å²) in [5.41, 5.74) is -0.616. The Labute approximate surface area is 112 Å². The fraction of sp³-hybridized carbons (Fsp3) is 0.500. The summed E-state index contributed by atoms with van der Waals surface area (Å²) in [5.74, 6) is 0.134. The van der Waals surface area contributed by atoms with Crippen molar-refractivity contribution in [3.8, 4) is 11.5 Å². The molecule has 0 saturated carbocycles. The number of methoxy groups -OCH3 is 1. The van der Waals surface area contributed by atoms with E-state index in [1.54, 1.807) is 24.0 Å². The van der Waals surface area contributed by atoms with Crippen LogP contribution in [0.2, 0.25) is 0 Å².